The van der Waals surface area contributed by atoms with Gasteiger partial charge in [-0.2, -0.15) is 0 Å². The van der Waals surface area contributed by atoms with Crippen LogP contribution < -0.4 is 9.47 Å². The fraction of sp³-hybridized carbons (Fsp3) is 0.450. The largest absolute Gasteiger partial charge is 0.454 e. The van der Waals surface area contributed by atoms with Gasteiger partial charge >= 0.3 is 0 Å². The van der Waals surface area contributed by atoms with E-state index in [1.54, 1.807) is 11.3 Å². The molecule has 138 valence electrons. The van der Waals surface area contributed by atoms with E-state index in [0.717, 1.165) is 49.5 Å². The highest BCUT2D eigenvalue weighted by Crippen LogP contribution is 2.35. The molecule has 4 rings (SSSR count). The highest BCUT2D eigenvalue weighted by molar-refractivity contribution is 7.10. The van der Waals surface area contributed by atoms with Crippen LogP contribution in [0.2, 0.25) is 0 Å². The number of nitrogens with zero attached hydrogens (tertiary/aromatic N) is 2. The molecule has 1 fully saturated rings. The Morgan fingerprint density at radius 1 is 1.31 bits per heavy atom. The summed E-state index contributed by atoms with van der Waals surface area (Å²) in [4.78, 5) is 18.5. The Balaban J connectivity index is 1.40. The van der Waals surface area contributed by atoms with Gasteiger partial charge in [-0.3, -0.25) is 9.69 Å². The lowest BCUT2D eigenvalue weighted by molar-refractivity contribution is -0.133. The van der Waals surface area contributed by atoms with Crippen LogP contribution in [0.1, 0.15) is 36.2 Å². The first-order valence-corrected chi connectivity index (χ1v) is 10.1. The Morgan fingerprint density at radius 3 is 3.00 bits per heavy atom. The average molecular weight is 372 g/mol. The number of fused-ring (bicyclic) bond motifs is 1. The van der Waals surface area contributed by atoms with Crippen molar-refractivity contribution < 1.29 is 14.3 Å². The molecule has 0 bridgehead atoms. The lowest BCUT2D eigenvalue weighted by Gasteiger charge is -2.28. The zero-order valence-corrected chi connectivity index (χ0v) is 15.8. The number of ether oxygens (including phenoxy) is 2. The molecule has 0 aliphatic carbocycles. The number of carbonyl (C=O) groups is 1. The number of hydrogen-bond donors (Lipinski definition) is 0. The van der Waals surface area contributed by atoms with Gasteiger partial charge in [0, 0.05) is 18.0 Å². The van der Waals surface area contributed by atoms with Gasteiger partial charge in [0.2, 0.25) is 12.7 Å². The SMILES string of the molecule is CCN(CC(=O)N1CCCC1c1cccs1)Cc1ccc2c(c1)OCO2. The molecule has 0 saturated carbocycles. The summed E-state index contributed by atoms with van der Waals surface area (Å²) in [7, 11) is 0. The maximum atomic E-state index is 12.9. The van der Waals surface area contributed by atoms with Crippen LogP contribution in [0.25, 0.3) is 0 Å². The molecule has 1 unspecified atom stereocenters. The van der Waals surface area contributed by atoms with Crippen molar-refractivity contribution in [2.75, 3.05) is 26.4 Å². The summed E-state index contributed by atoms with van der Waals surface area (Å²) >= 11 is 1.75. The van der Waals surface area contributed by atoms with Gasteiger partial charge < -0.3 is 14.4 Å². The minimum Gasteiger partial charge on any atom is -0.454 e. The number of benzene rings is 1. The number of hydrogen-bond acceptors (Lipinski definition) is 5. The second kappa shape index (κ2) is 7.68. The molecular weight excluding hydrogens is 348 g/mol. The lowest BCUT2D eigenvalue weighted by Crippen LogP contribution is -2.39. The van der Waals surface area contributed by atoms with Crippen LogP contribution in [-0.2, 0) is 11.3 Å². The van der Waals surface area contributed by atoms with Crippen molar-refractivity contribution in [3.63, 3.8) is 0 Å². The molecule has 2 aliphatic heterocycles. The summed E-state index contributed by atoms with van der Waals surface area (Å²) in [5.41, 5.74) is 1.14. The summed E-state index contributed by atoms with van der Waals surface area (Å²) in [6.07, 6.45) is 2.16. The van der Waals surface area contributed by atoms with Crippen molar-refractivity contribution >= 4 is 17.2 Å². The molecule has 0 N–H and O–H groups in total. The van der Waals surface area contributed by atoms with Gasteiger partial charge in [-0.1, -0.05) is 19.1 Å². The molecule has 1 aromatic heterocycles. The Bertz CT molecular complexity index is 762. The minimum absolute atomic E-state index is 0.225. The molecule has 2 aliphatic rings. The number of thiophene rings is 1. The molecule has 6 heteroatoms. The van der Waals surface area contributed by atoms with E-state index >= 15 is 0 Å². The van der Waals surface area contributed by atoms with Gasteiger partial charge in [-0.15, -0.1) is 11.3 Å². The van der Waals surface area contributed by atoms with Crippen LogP contribution in [0.3, 0.4) is 0 Å². The van der Waals surface area contributed by atoms with Crippen LogP contribution in [0.4, 0.5) is 0 Å². The molecule has 3 heterocycles. The van der Waals surface area contributed by atoms with Crippen LogP contribution in [0.15, 0.2) is 35.7 Å². The number of rotatable bonds is 6. The van der Waals surface area contributed by atoms with E-state index in [1.165, 1.54) is 4.88 Å². The molecule has 1 aromatic carbocycles. The Hall–Kier alpha value is -2.05. The Kier molecular flexibility index (Phi) is 5.13. The fourth-order valence-corrected chi connectivity index (χ4v) is 4.57. The predicted octanol–water partition coefficient (Wildman–Crippen LogP) is 3.66. The van der Waals surface area contributed by atoms with Gasteiger partial charge in [0.25, 0.3) is 0 Å². The van der Waals surface area contributed by atoms with Crippen LogP contribution >= 0.6 is 11.3 Å². The molecule has 26 heavy (non-hydrogen) atoms. The first-order valence-electron chi connectivity index (χ1n) is 9.18. The van der Waals surface area contributed by atoms with Crippen molar-refractivity contribution in [2.45, 2.75) is 32.4 Å². The van der Waals surface area contributed by atoms with Crippen molar-refractivity contribution in [1.29, 1.82) is 0 Å². The van der Waals surface area contributed by atoms with Crippen molar-refractivity contribution in [3.05, 3.63) is 46.2 Å². The summed E-state index contributed by atoms with van der Waals surface area (Å²) < 4.78 is 10.8. The number of carbonyl (C=O) groups excluding carboxylic acids is 1. The predicted molar refractivity (Wildman–Crippen MR) is 102 cm³/mol. The first kappa shape index (κ1) is 17.4. The van der Waals surface area contributed by atoms with E-state index in [0.29, 0.717) is 6.54 Å². The lowest BCUT2D eigenvalue weighted by atomic mass is 10.1. The minimum atomic E-state index is 0.225. The molecule has 5 nitrogen and oxygen atoms in total. The molecule has 1 saturated heterocycles. The highest BCUT2D eigenvalue weighted by Gasteiger charge is 2.31. The van der Waals surface area contributed by atoms with Crippen molar-refractivity contribution in [1.82, 2.24) is 9.80 Å². The Labute approximate surface area is 158 Å². The molecule has 0 radical (unpaired) electrons. The third-order valence-electron chi connectivity index (χ3n) is 5.09. The summed E-state index contributed by atoms with van der Waals surface area (Å²) in [5.74, 6) is 1.81. The van der Waals surface area contributed by atoms with Crippen LogP contribution in [-0.4, -0.2) is 42.1 Å². The smallest absolute Gasteiger partial charge is 0.237 e. The fourth-order valence-electron chi connectivity index (χ4n) is 3.70. The third-order valence-corrected chi connectivity index (χ3v) is 6.07. The number of likely N-dealkylation sites (tertiary alicyclic amines) is 1. The molecular formula is C20H24N2O3S. The number of likely N-dealkylation sites (N-methyl/N-ethyl adjacent to an activating group) is 1. The van der Waals surface area contributed by atoms with Gasteiger partial charge in [0.15, 0.2) is 11.5 Å². The van der Waals surface area contributed by atoms with Crippen molar-refractivity contribution in [3.8, 4) is 11.5 Å². The van der Waals surface area contributed by atoms with E-state index in [4.69, 9.17) is 9.47 Å². The molecule has 0 spiro atoms. The number of amides is 1. The average Bonchev–Trinajstić information content (AvgIpc) is 3.40. The van der Waals surface area contributed by atoms with Crippen molar-refractivity contribution in [2.24, 2.45) is 0 Å². The topological polar surface area (TPSA) is 42.0 Å². The standard InChI is InChI=1S/C20H24N2O3S/c1-2-21(12-15-7-8-17-18(11-15)25-14-24-17)13-20(23)22-9-3-5-16(22)19-6-4-10-26-19/h4,6-8,10-11,16H,2-3,5,9,12-14H2,1H3. The van der Waals surface area contributed by atoms with Gasteiger partial charge in [-0.25, -0.2) is 0 Å². The zero-order chi connectivity index (χ0) is 17.9. The van der Waals surface area contributed by atoms with E-state index in [-0.39, 0.29) is 18.7 Å². The Morgan fingerprint density at radius 2 is 2.19 bits per heavy atom. The zero-order valence-electron chi connectivity index (χ0n) is 15.0. The third kappa shape index (κ3) is 3.57. The molecule has 1 atom stereocenters. The molecule has 2 aromatic rings. The summed E-state index contributed by atoms with van der Waals surface area (Å²) in [6, 6.07) is 10.5. The van der Waals surface area contributed by atoms with Gasteiger partial charge in [0.1, 0.15) is 0 Å². The highest BCUT2D eigenvalue weighted by atomic mass is 32.1. The van der Waals surface area contributed by atoms with Gasteiger partial charge in [0.05, 0.1) is 12.6 Å². The van der Waals surface area contributed by atoms with E-state index in [1.807, 2.05) is 18.2 Å². The monoisotopic (exact) mass is 372 g/mol. The summed E-state index contributed by atoms with van der Waals surface area (Å²) in [6.45, 7) is 5.26. The maximum absolute atomic E-state index is 12.9. The maximum Gasteiger partial charge on any atom is 0.237 e. The van der Waals surface area contributed by atoms with Crippen LogP contribution in [0.5, 0.6) is 11.5 Å². The van der Waals surface area contributed by atoms with E-state index in [9.17, 15) is 4.79 Å². The summed E-state index contributed by atoms with van der Waals surface area (Å²) in [5, 5.41) is 2.09. The van der Waals surface area contributed by atoms with Gasteiger partial charge in [-0.05, 0) is 48.5 Å². The second-order valence-corrected chi connectivity index (χ2v) is 7.73. The quantitative estimate of drug-likeness (QED) is 0.776. The second-order valence-electron chi connectivity index (χ2n) is 6.75. The van der Waals surface area contributed by atoms with E-state index < -0.39 is 0 Å². The van der Waals surface area contributed by atoms with Crippen LogP contribution in [0, 0.1) is 0 Å². The molecule has 1 amide bonds. The normalized spacial score (nSPS) is 18.7. The van der Waals surface area contributed by atoms with E-state index in [2.05, 4.69) is 34.2 Å². The first-order chi connectivity index (χ1) is 12.7.